The van der Waals surface area contributed by atoms with Gasteiger partial charge in [-0.15, -0.1) is 0 Å². The second kappa shape index (κ2) is 6.78. The first-order valence-corrected chi connectivity index (χ1v) is 10.2. The van der Waals surface area contributed by atoms with Crippen LogP contribution in [0.3, 0.4) is 0 Å². The fourth-order valence-electron chi connectivity index (χ4n) is 4.67. The Morgan fingerprint density at radius 3 is 2.18 bits per heavy atom. The summed E-state index contributed by atoms with van der Waals surface area (Å²) >= 11 is 0. The largest absolute Gasteiger partial charge is 0.449 e. The fraction of sp³-hybridized carbons (Fsp3) is 0.409. The van der Waals surface area contributed by atoms with Crippen molar-refractivity contribution in [1.29, 1.82) is 0 Å². The smallest absolute Gasteiger partial charge is 0.433 e. The Kier molecular flexibility index (Phi) is 4.50. The van der Waals surface area contributed by atoms with Gasteiger partial charge in [0.1, 0.15) is 11.4 Å². The number of fused-ring (bicyclic) bond motifs is 2. The van der Waals surface area contributed by atoms with Crippen molar-refractivity contribution in [2.45, 2.75) is 42.6 Å². The summed E-state index contributed by atoms with van der Waals surface area (Å²) in [6.07, 6.45) is -8.79. The van der Waals surface area contributed by atoms with Crippen LogP contribution in [0, 0.1) is 0 Å². The quantitative estimate of drug-likeness (QED) is 0.410. The molecule has 11 heteroatoms. The van der Waals surface area contributed by atoms with E-state index in [0.29, 0.717) is 6.54 Å². The number of nitrogens with one attached hydrogen (secondary N) is 1. The van der Waals surface area contributed by atoms with E-state index in [9.17, 15) is 35.9 Å². The maximum atomic E-state index is 13.6. The van der Waals surface area contributed by atoms with Crippen molar-refractivity contribution >= 4 is 11.8 Å². The first-order chi connectivity index (χ1) is 15.4. The second-order valence-electron chi connectivity index (χ2n) is 8.57. The lowest BCUT2D eigenvalue weighted by atomic mass is 9.84. The van der Waals surface area contributed by atoms with Gasteiger partial charge in [0, 0.05) is 18.5 Å². The Hall–Kier alpha value is -2.95. The van der Waals surface area contributed by atoms with E-state index in [1.165, 1.54) is 0 Å². The first-order valence-electron chi connectivity index (χ1n) is 10.2. The molecule has 1 saturated heterocycles. The van der Waals surface area contributed by atoms with Crippen LogP contribution in [-0.4, -0.2) is 29.8 Å². The number of rotatable bonds is 3. The second-order valence-corrected chi connectivity index (χ2v) is 8.57. The van der Waals surface area contributed by atoms with Crippen molar-refractivity contribution in [1.82, 2.24) is 10.3 Å². The Labute approximate surface area is 183 Å². The van der Waals surface area contributed by atoms with E-state index in [0.717, 1.165) is 30.3 Å². The van der Waals surface area contributed by atoms with Gasteiger partial charge >= 0.3 is 18.3 Å². The minimum absolute atomic E-state index is 0.0357. The predicted octanol–water partition coefficient (Wildman–Crippen LogP) is 4.39. The maximum Gasteiger partial charge on any atom is 0.433 e. The molecule has 1 saturated carbocycles. The molecule has 1 spiro atoms. The molecular formula is C22H16F6N2O3. The number of ketones is 1. The van der Waals surface area contributed by atoms with E-state index in [2.05, 4.69) is 10.3 Å². The highest BCUT2D eigenvalue weighted by molar-refractivity contribution is 6.12. The average Bonchev–Trinajstić information content (AvgIpc) is 3.35. The Morgan fingerprint density at radius 1 is 1.00 bits per heavy atom. The molecule has 0 radical (unpaired) electrons. The van der Waals surface area contributed by atoms with Crippen LogP contribution in [0.25, 0.3) is 0 Å². The van der Waals surface area contributed by atoms with Crippen LogP contribution in [0.5, 0.6) is 0 Å². The molecule has 1 aromatic heterocycles. The predicted molar refractivity (Wildman–Crippen MR) is 101 cm³/mol. The summed E-state index contributed by atoms with van der Waals surface area (Å²) in [6, 6.07) is 4.67. The molecule has 2 aromatic rings. The molecule has 33 heavy (non-hydrogen) atoms. The lowest BCUT2D eigenvalue weighted by molar-refractivity contribution is -0.141. The SMILES string of the molecule is O=C1OC2(CCNC2)c2cc(C(F)(F)F)nc(C(=O)C3(c4ccc(C(F)(F)F)cc4)CC3)c21. The number of esters is 1. The van der Waals surface area contributed by atoms with Gasteiger partial charge in [0.15, 0.2) is 11.4 Å². The Bertz CT molecular complexity index is 1160. The lowest BCUT2D eigenvalue weighted by Crippen LogP contribution is -2.30. The molecule has 1 atom stereocenters. The van der Waals surface area contributed by atoms with Crippen LogP contribution in [0.4, 0.5) is 26.3 Å². The van der Waals surface area contributed by atoms with E-state index >= 15 is 0 Å². The van der Waals surface area contributed by atoms with Crippen LogP contribution in [0.15, 0.2) is 30.3 Å². The lowest BCUT2D eigenvalue weighted by Gasteiger charge is -2.23. The van der Waals surface area contributed by atoms with E-state index in [4.69, 9.17) is 4.74 Å². The van der Waals surface area contributed by atoms with Crippen molar-refractivity contribution in [2.24, 2.45) is 0 Å². The highest BCUT2D eigenvalue weighted by Crippen LogP contribution is 2.52. The summed E-state index contributed by atoms with van der Waals surface area (Å²) in [5.41, 5.74) is -5.62. The summed E-state index contributed by atoms with van der Waals surface area (Å²) in [4.78, 5) is 29.8. The van der Waals surface area contributed by atoms with Crippen molar-refractivity contribution in [3.05, 3.63) is 64.0 Å². The van der Waals surface area contributed by atoms with E-state index < -0.39 is 52.1 Å². The average molecular weight is 470 g/mol. The van der Waals surface area contributed by atoms with Crippen LogP contribution in [0.1, 0.15) is 62.5 Å². The molecule has 174 valence electrons. The van der Waals surface area contributed by atoms with Crippen LogP contribution in [-0.2, 0) is 28.1 Å². The zero-order valence-electron chi connectivity index (χ0n) is 16.9. The topological polar surface area (TPSA) is 68.3 Å². The summed E-state index contributed by atoms with van der Waals surface area (Å²) < 4.78 is 85.1. The van der Waals surface area contributed by atoms with Crippen LogP contribution >= 0.6 is 0 Å². The highest BCUT2D eigenvalue weighted by atomic mass is 19.4. The Balaban J connectivity index is 1.63. The number of alkyl halides is 6. The molecule has 0 amide bonds. The number of benzene rings is 1. The standard InChI is InChI=1S/C22H16F6N2O3/c23-21(24,25)12-3-1-11(2-4-12)19(5-6-19)17(31)16-15-13(9-14(30-16)22(26,27)28)20(33-18(15)32)7-8-29-10-20/h1-4,9,29H,5-8,10H2. The zero-order valence-corrected chi connectivity index (χ0v) is 16.9. The molecule has 3 heterocycles. The van der Waals surface area contributed by atoms with Crippen molar-refractivity contribution < 1.29 is 40.7 Å². The van der Waals surface area contributed by atoms with Crippen molar-refractivity contribution in [3.63, 3.8) is 0 Å². The van der Waals surface area contributed by atoms with Crippen molar-refractivity contribution in [3.8, 4) is 0 Å². The maximum absolute atomic E-state index is 13.6. The Morgan fingerprint density at radius 2 is 1.67 bits per heavy atom. The van der Waals surface area contributed by atoms with Gasteiger partial charge in [0.25, 0.3) is 0 Å². The molecule has 2 fully saturated rings. The number of Topliss-reactive ketones (excluding diaryl/α,β-unsaturated/α-hetero) is 1. The minimum Gasteiger partial charge on any atom is -0.449 e. The minimum atomic E-state index is -4.88. The van der Waals surface area contributed by atoms with E-state index in [1.807, 2.05) is 0 Å². The van der Waals surface area contributed by atoms with Crippen LogP contribution in [0.2, 0.25) is 0 Å². The van der Waals surface area contributed by atoms with E-state index in [1.54, 1.807) is 0 Å². The molecule has 1 aliphatic carbocycles. The third-order valence-corrected chi connectivity index (χ3v) is 6.57. The molecule has 5 nitrogen and oxygen atoms in total. The summed E-state index contributed by atoms with van der Waals surface area (Å²) in [5.74, 6) is -1.76. The number of pyridine rings is 1. The molecule has 3 aliphatic rings. The molecule has 2 aliphatic heterocycles. The number of carbonyl (C=O) groups is 2. The number of hydrogen-bond donors (Lipinski definition) is 1. The van der Waals surface area contributed by atoms with Gasteiger partial charge in [-0.3, -0.25) is 4.79 Å². The van der Waals surface area contributed by atoms with Gasteiger partial charge < -0.3 is 10.1 Å². The number of aromatic nitrogens is 1. The number of carbonyl (C=O) groups excluding carboxylic acids is 2. The molecule has 0 bridgehead atoms. The van der Waals surface area contributed by atoms with Gasteiger partial charge in [-0.1, -0.05) is 12.1 Å². The molecule has 1 aromatic carbocycles. The summed E-state index contributed by atoms with van der Waals surface area (Å²) in [7, 11) is 0. The van der Waals surface area contributed by atoms with Gasteiger partial charge in [-0.25, -0.2) is 9.78 Å². The molecule has 5 rings (SSSR count). The molecule has 1 unspecified atom stereocenters. The number of ether oxygens (including phenoxy) is 1. The van der Waals surface area contributed by atoms with Gasteiger partial charge in [-0.05, 0) is 43.1 Å². The third-order valence-electron chi connectivity index (χ3n) is 6.57. The van der Waals surface area contributed by atoms with Gasteiger partial charge in [-0.2, -0.15) is 26.3 Å². The van der Waals surface area contributed by atoms with Crippen molar-refractivity contribution in [2.75, 3.05) is 13.1 Å². The highest BCUT2D eigenvalue weighted by Gasteiger charge is 2.56. The molecular weight excluding hydrogens is 454 g/mol. The van der Waals surface area contributed by atoms with Crippen LogP contribution < -0.4 is 5.32 Å². The fourth-order valence-corrected chi connectivity index (χ4v) is 4.67. The molecule has 1 N–H and O–H groups in total. The number of nitrogens with zero attached hydrogens (tertiary/aromatic N) is 1. The number of halogens is 6. The zero-order chi connectivity index (χ0) is 23.8. The van der Waals surface area contributed by atoms with Gasteiger partial charge in [0.05, 0.1) is 16.5 Å². The third kappa shape index (κ3) is 3.32. The van der Waals surface area contributed by atoms with E-state index in [-0.39, 0.29) is 42.5 Å². The summed E-state index contributed by atoms with van der Waals surface area (Å²) in [6.45, 7) is 0.514. The normalized spacial score (nSPS) is 23.5. The monoisotopic (exact) mass is 470 g/mol. The van der Waals surface area contributed by atoms with Gasteiger partial charge in [0.2, 0.25) is 0 Å². The summed E-state index contributed by atoms with van der Waals surface area (Å²) in [5, 5.41) is 2.95. The number of hydrogen-bond acceptors (Lipinski definition) is 5. The first kappa shape index (κ1) is 21.9.